The van der Waals surface area contributed by atoms with Crippen molar-refractivity contribution in [2.24, 2.45) is 0 Å². The van der Waals surface area contributed by atoms with Crippen LogP contribution < -0.4 is 16.0 Å². The van der Waals surface area contributed by atoms with Gasteiger partial charge in [0.15, 0.2) is 0 Å². The van der Waals surface area contributed by atoms with Crippen LogP contribution in [0.4, 0.5) is 11.4 Å². The van der Waals surface area contributed by atoms with E-state index in [1.165, 1.54) is 0 Å². The Morgan fingerprint density at radius 2 is 2.05 bits per heavy atom. The maximum Gasteiger partial charge on any atom is 0.253 e. The summed E-state index contributed by atoms with van der Waals surface area (Å²) in [6.07, 6.45) is 3.19. The number of rotatable bonds is 3. The molecule has 1 fully saturated rings. The van der Waals surface area contributed by atoms with Gasteiger partial charge in [-0.2, -0.15) is 0 Å². The van der Waals surface area contributed by atoms with E-state index in [4.69, 9.17) is 5.73 Å². The summed E-state index contributed by atoms with van der Waals surface area (Å²) in [6, 6.07) is 5.14. The van der Waals surface area contributed by atoms with Crippen molar-refractivity contribution in [1.82, 2.24) is 5.32 Å². The quantitative estimate of drug-likeness (QED) is 0.729. The summed E-state index contributed by atoms with van der Waals surface area (Å²) in [4.78, 5) is 14.3. The van der Waals surface area contributed by atoms with E-state index in [1.54, 1.807) is 12.1 Å². The summed E-state index contributed by atoms with van der Waals surface area (Å²) in [7, 11) is 3.77. The van der Waals surface area contributed by atoms with Crippen LogP contribution in [0.1, 0.15) is 36.0 Å². The zero-order chi connectivity index (χ0) is 14.7. The van der Waals surface area contributed by atoms with Gasteiger partial charge in [-0.3, -0.25) is 4.79 Å². The lowest BCUT2D eigenvalue weighted by Crippen LogP contribution is -2.45. The summed E-state index contributed by atoms with van der Waals surface area (Å²) >= 11 is 0. The predicted molar refractivity (Wildman–Crippen MR) is 80.9 cm³/mol. The average molecular weight is 277 g/mol. The molecule has 20 heavy (non-hydrogen) atoms. The van der Waals surface area contributed by atoms with Gasteiger partial charge in [-0.1, -0.05) is 12.8 Å². The van der Waals surface area contributed by atoms with Crippen LogP contribution in [0.2, 0.25) is 0 Å². The van der Waals surface area contributed by atoms with E-state index < -0.39 is 6.10 Å². The van der Waals surface area contributed by atoms with Gasteiger partial charge < -0.3 is 21.1 Å². The van der Waals surface area contributed by atoms with Crippen LogP contribution in [0.5, 0.6) is 0 Å². The summed E-state index contributed by atoms with van der Waals surface area (Å²) in [5.41, 5.74) is 7.71. The van der Waals surface area contributed by atoms with Crippen LogP contribution in [0, 0.1) is 0 Å². The number of nitrogens with one attached hydrogen (secondary N) is 1. The Hall–Kier alpha value is -1.75. The molecule has 0 radical (unpaired) electrons. The van der Waals surface area contributed by atoms with Gasteiger partial charge in [-0.15, -0.1) is 0 Å². The topological polar surface area (TPSA) is 78.6 Å². The number of benzene rings is 1. The van der Waals surface area contributed by atoms with Crippen molar-refractivity contribution in [2.75, 3.05) is 24.7 Å². The third-order valence-corrected chi connectivity index (χ3v) is 3.79. The van der Waals surface area contributed by atoms with Gasteiger partial charge in [0.05, 0.1) is 17.7 Å². The molecule has 4 N–H and O–H groups in total. The summed E-state index contributed by atoms with van der Waals surface area (Å²) in [5, 5.41) is 12.9. The highest BCUT2D eigenvalue weighted by atomic mass is 16.3. The van der Waals surface area contributed by atoms with Gasteiger partial charge in [0, 0.05) is 25.5 Å². The van der Waals surface area contributed by atoms with Gasteiger partial charge in [-0.25, -0.2) is 0 Å². The molecule has 0 unspecified atom stereocenters. The zero-order valence-corrected chi connectivity index (χ0v) is 12.1. The Balaban J connectivity index is 2.18. The van der Waals surface area contributed by atoms with Crippen LogP contribution in [0.25, 0.3) is 0 Å². The first kappa shape index (κ1) is 14.7. The van der Waals surface area contributed by atoms with Crippen molar-refractivity contribution in [3.63, 3.8) is 0 Å². The van der Waals surface area contributed by atoms with Crippen molar-refractivity contribution in [3.8, 4) is 0 Å². The number of anilines is 2. The third kappa shape index (κ3) is 3.22. The van der Waals surface area contributed by atoms with Crippen molar-refractivity contribution in [2.45, 2.75) is 37.8 Å². The fourth-order valence-electron chi connectivity index (χ4n) is 2.65. The van der Waals surface area contributed by atoms with Crippen LogP contribution in [-0.2, 0) is 0 Å². The number of nitrogens with two attached hydrogens (primary N) is 1. The van der Waals surface area contributed by atoms with E-state index in [9.17, 15) is 9.90 Å². The minimum Gasteiger partial charge on any atom is -0.399 e. The molecule has 1 aliphatic rings. The predicted octanol–water partition coefficient (Wildman–Crippen LogP) is 1.37. The summed E-state index contributed by atoms with van der Waals surface area (Å²) in [6.45, 7) is 0. The number of amides is 1. The van der Waals surface area contributed by atoms with E-state index in [2.05, 4.69) is 5.32 Å². The molecule has 5 nitrogen and oxygen atoms in total. The number of carbonyl (C=O) groups excluding carboxylic acids is 1. The molecule has 0 bridgehead atoms. The lowest BCUT2D eigenvalue weighted by molar-refractivity contribution is 0.0717. The Labute approximate surface area is 119 Å². The van der Waals surface area contributed by atoms with E-state index in [-0.39, 0.29) is 11.9 Å². The van der Waals surface area contributed by atoms with E-state index in [1.807, 2.05) is 25.1 Å². The Bertz CT molecular complexity index is 488. The SMILES string of the molecule is CN(C)c1ccc(N)cc1C(=O)N[C@@H]1CCCC[C@H]1O. The molecule has 5 heteroatoms. The van der Waals surface area contributed by atoms with Crippen LogP contribution in [-0.4, -0.2) is 37.3 Å². The van der Waals surface area contributed by atoms with Gasteiger partial charge in [-0.05, 0) is 31.0 Å². The number of aliphatic hydroxyl groups excluding tert-OH is 1. The van der Waals surface area contributed by atoms with Crippen LogP contribution in [0.15, 0.2) is 18.2 Å². The minimum atomic E-state index is -0.448. The highest BCUT2D eigenvalue weighted by Crippen LogP contribution is 2.23. The Morgan fingerprint density at radius 1 is 1.35 bits per heavy atom. The normalized spacial score (nSPS) is 22.4. The Kier molecular flexibility index (Phi) is 4.49. The highest BCUT2D eigenvalue weighted by molar-refractivity contribution is 6.00. The fourth-order valence-corrected chi connectivity index (χ4v) is 2.65. The van der Waals surface area contributed by atoms with Crippen LogP contribution >= 0.6 is 0 Å². The number of carbonyl (C=O) groups is 1. The van der Waals surface area contributed by atoms with Gasteiger partial charge in [0.1, 0.15) is 0 Å². The molecule has 1 aromatic rings. The number of hydrogen-bond donors (Lipinski definition) is 3. The second-order valence-corrected chi connectivity index (χ2v) is 5.60. The first-order valence-corrected chi connectivity index (χ1v) is 7.05. The molecule has 2 rings (SSSR count). The minimum absolute atomic E-state index is 0.160. The average Bonchev–Trinajstić information content (AvgIpc) is 2.40. The molecule has 0 saturated heterocycles. The number of nitrogen functional groups attached to an aromatic ring is 1. The molecule has 1 aliphatic carbocycles. The van der Waals surface area contributed by atoms with Crippen molar-refractivity contribution in [1.29, 1.82) is 0 Å². The van der Waals surface area contributed by atoms with Crippen molar-refractivity contribution < 1.29 is 9.90 Å². The highest BCUT2D eigenvalue weighted by Gasteiger charge is 2.25. The molecule has 1 saturated carbocycles. The lowest BCUT2D eigenvalue weighted by atomic mass is 9.92. The maximum atomic E-state index is 12.4. The zero-order valence-electron chi connectivity index (χ0n) is 12.1. The largest absolute Gasteiger partial charge is 0.399 e. The Morgan fingerprint density at radius 3 is 2.70 bits per heavy atom. The van der Waals surface area contributed by atoms with Gasteiger partial charge in [0.25, 0.3) is 5.91 Å². The van der Waals surface area contributed by atoms with Crippen LogP contribution in [0.3, 0.4) is 0 Å². The molecular formula is C15H23N3O2. The van der Waals surface area contributed by atoms with Gasteiger partial charge >= 0.3 is 0 Å². The fraction of sp³-hybridized carbons (Fsp3) is 0.533. The second-order valence-electron chi connectivity index (χ2n) is 5.60. The monoisotopic (exact) mass is 277 g/mol. The molecular weight excluding hydrogens is 254 g/mol. The molecule has 1 amide bonds. The maximum absolute atomic E-state index is 12.4. The first-order chi connectivity index (χ1) is 9.49. The number of nitrogens with zero attached hydrogens (tertiary/aromatic N) is 1. The van der Waals surface area contributed by atoms with Crippen molar-refractivity contribution in [3.05, 3.63) is 23.8 Å². The summed E-state index contributed by atoms with van der Waals surface area (Å²) < 4.78 is 0. The molecule has 110 valence electrons. The number of aliphatic hydroxyl groups is 1. The second kappa shape index (κ2) is 6.13. The van der Waals surface area contributed by atoms with E-state index in [0.29, 0.717) is 11.3 Å². The standard InChI is InChI=1S/C15H23N3O2/c1-18(2)13-8-7-10(16)9-11(13)15(20)17-12-5-3-4-6-14(12)19/h7-9,12,14,19H,3-6,16H2,1-2H3,(H,17,20)/t12-,14-/m1/s1. The van der Waals surface area contributed by atoms with E-state index in [0.717, 1.165) is 31.4 Å². The molecule has 0 heterocycles. The third-order valence-electron chi connectivity index (χ3n) is 3.79. The smallest absolute Gasteiger partial charge is 0.253 e. The molecule has 1 aromatic carbocycles. The summed E-state index contributed by atoms with van der Waals surface area (Å²) in [5.74, 6) is -0.174. The molecule has 0 aliphatic heterocycles. The van der Waals surface area contributed by atoms with E-state index >= 15 is 0 Å². The molecule has 2 atom stereocenters. The number of hydrogen-bond acceptors (Lipinski definition) is 4. The lowest BCUT2D eigenvalue weighted by Gasteiger charge is -2.29. The van der Waals surface area contributed by atoms with Crippen molar-refractivity contribution >= 4 is 17.3 Å². The molecule has 0 aromatic heterocycles. The molecule has 0 spiro atoms. The van der Waals surface area contributed by atoms with Gasteiger partial charge in [0.2, 0.25) is 0 Å². The first-order valence-electron chi connectivity index (χ1n) is 7.05.